The van der Waals surface area contributed by atoms with Crippen LogP contribution in [0.5, 0.6) is 5.75 Å². The molecule has 1 heterocycles. The Hall–Kier alpha value is -1.10. The highest BCUT2D eigenvalue weighted by Gasteiger charge is 2.11. The van der Waals surface area contributed by atoms with Crippen molar-refractivity contribution in [3.05, 3.63) is 22.4 Å². The van der Waals surface area contributed by atoms with Gasteiger partial charge in [-0.15, -0.1) is 0 Å². The van der Waals surface area contributed by atoms with Gasteiger partial charge in [-0.1, -0.05) is 0 Å². The predicted octanol–water partition coefficient (Wildman–Crippen LogP) is 1.66. The summed E-state index contributed by atoms with van der Waals surface area (Å²) in [5, 5.41) is 9.41. The van der Waals surface area contributed by atoms with Crippen molar-refractivity contribution < 1.29 is 14.6 Å². The molecule has 1 aromatic heterocycles. The molecule has 0 amide bonds. The number of hydrogen-bond donors (Lipinski definition) is 1. The molecule has 0 bridgehead atoms. The molecule has 14 heavy (non-hydrogen) atoms. The maximum absolute atomic E-state index is 11.1. The Morgan fingerprint density at radius 3 is 2.93 bits per heavy atom. The Balaban J connectivity index is 2.80. The molecule has 76 valence electrons. The van der Waals surface area contributed by atoms with E-state index in [9.17, 15) is 9.90 Å². The number of esters is 1. The normalized spacial score (nSPS) is 9.86. The molecule has 0 unspecified atom stereocenters. The van der Waals surface area contributed by atoms with E-state index in [1.165, 1.54) is 12.4 Å². The van der Waals surface area contributed by atoms with Gasteiger partial charge in [-0.25, -0.2) is 0 Å². The van der Waals surface area contributed by atoms with Crippen LogP contribution in [0, 0.1) is 0 Å². The Kier molecular flexibility index (Phi) is 3.88. The van der Waals surface area contributed by atoms with Gasteiger partial charge in [-0.2, -0.15) is 0 Å². The van der Waals surface area contributed by atoms with E-state index < -0.39 is 0 Å². The van der Waals surface area contributed by atoms with Crippen LogP contribution in [0.3, 0.4) is 0 Å². The number of aromatic nitrogens is 1. The third kappa shape index (κ3) is 2.70. The molecular formula is C9H10BrNO3. The monoisotopic (exact) mass is 259 g/mol. The van der Waals surface area contributed by atoms with Crippen molar-refractivity contribution in [2.45, 2.75) is 13.3 Å². The van der Waals surface area contributed by atoms with E-state index in [0.717, 1.165) is 0 Å². The van der Waals surface area contributed by atoms with Gasteiger partial charge in [0.25, 0.3) is 0 Å². The summed E-state index contributed by atoms with van der Waals surface area (Å²) in [5.41, 5.74) is 0.499. The van der Waals surface area contributed by atoms with Crippen LogP contribution < -0.4 is 0 Å². The van der Waals surface area contributed by atoms with Gasteiger partial charge in [0.2, 0.25) is 0 Å². The second-order valence-corrected chi connectivity index (χ2v) is 3.46. The van der Waals surface area contributed by atoms with E-state index in [2.05, 4.69) is 20.9 Å². The van der Waals surface area contributed by atoms with E-state index in [0.29, 0.717) is 16.6 Å². The van der Waals surface area contributed by atoms with Crippen molar-refractivity contribution in [3.8, 4) is 5.75 Å². The van der Waals surface area contributed by atoms with Gasteiger partial charge in [-0.3, -0.25) is 9.78 Å². The lowest BCUT2D eigenvalue weighted by atomic mass is 10.2. The van der Waals surface area contributed by atoms with Crippen molar-refractivity contribution >= 4 is 21.9 Å². The average Bonchev–Trinajstić information content (AvgIpc) is 2.12. The molecule has 1 aromatic rings. The largest absolute Gasteiger partial charge is 0.506 e. The molecule has 0 saturated carbocycles. The number of aromatic hydroxyl groups is 1. The third-order valence-corrected chi connectivity index (χ3v) is 2.29. The Morgan fingerprint density at radius 2 is 2.36 bits per heavy atom. The number of carbonyl (C=O) groups excluding carboxylic acids is 1. The number of hydrogen-bond acceptors (Lipinski definition) is 4. The van der Waals surface area contributed by atoms with Crippen LogP contribution >= 0.6 is 15.9 Å². The van der Waals surface area contributed by atoms with Crippen LogP contribution in [-0.2, 0) is 16.0 Å². The van der Waals surface area contributed by atoms with Crippen molar-refractivity contribution in [2.24, 2.45) is 0 Å². The molecule has 4 nitrogen and oxygen atoms in total. The molecule has 0 fully saturated rings. The number of halogens is 1. The average molecular weight is 260 g/mol. The quantitative estimate of drug-likeness (QED) is 0.839. The standard InChI is InChI=1S/C9H10BrNO3/c1-2-14-9(13)3-6-7(10)4-11-5-8(6)12/h4-5,12H,2-3H2,1H3. The first-order valence-electron chi connectivity index (χ1n) is 4.12. The van der Waals surface area contributed by atoms with Crippen LogP contribution in [0.4, 0.5) is 0 Å². The van der Waals surface area contributed by atoms with Gasteiger partial charge in [0, 0.05) is 16.2 Å². The molecule has 0 aliphatic carbocycles. The van der Waals surface area contributed by atoms with Gasteiger partial charge in [0.1, 0.15) is 5.75 Å². The van der Waals surface area contributed by atoms with Crippen LogP contribution in [-0.4, -0.2) is 22.7 Å². The fourth-order valence-electron chi connectivity index (χ4n) is 0.983. The summed E-state index contributed by atoms with van der Waals surface area (Å²) < 4.78 is 5.37. The number of rotatable bonds is 3. The Labute approximate surface area is 90.0 Å². The van der Waals surface area contributed by atoms with Gasteiger partial charge in [0.05, 0.1) is 19.2 Å². The SMILES string of the molecule is CCOC(=O)Cc1c(O)cncc1Br. The van der Waals surface area contributed by atoms with Crippen LogP contribution in [0.25, 0.3) is 0 Å². The first kappa shape index (κ1) is 11.0. The van der Waals surface area contributed by atoms with Crippen molar-refractivity contribution in [1.29, 1.82) is 0 Å². The smallest absolute Gasteiger partial charge is 0.310 e. The van der Waals surface area contributed by atoms with Gasteiger partial charge < -0.3 is 9.84 Å². The lowest BCUT2D eigenvalue weighted by Crippen LogP contribution is -2.08. The van der Waals surface area contributed by atoms with E-state index in [1.54, 1.807) is 6.92 Å². The highest BCUT2D eigenvalue weighted by molar-refractivity contribution is 9.10. The first-order valence-corrected chi connectivity index (χ1v) is 4.91. The molecular weight excluding hydrogens is 250 g/mol. The van der Waals surface area contributed by atoms with Gasteiger partial charge in [-0.05, 0) is 22.9 Å². The fourth-order valence-corrected chi connectivity index (χ4v) is 1.44. The molecule has 5 heteroatoms. The molecule has 0 aliphatic rings. The lowest BCUT2D eigenvalue weighted by molar-refractivity contribution is -0.142. The molecule has 1 rings (SSSR count). The minimum absolute atomic E-state index is 0.00701. The summed E-state index contributed by atoms with van der Waals surface area (Å²) in [6.07, 6.45) is 2.86. The zero-order valence-electron chi connectivity index (χ0n) is 7.66. The zero-order chi connectivity index (χ0) is 10.6. The first-order chi connectivity index (χ1) is 6.65. The van der Waals surface area contributed by atoms with Crippen LogP contribution in [0.1, 0.15) is 12.5 Å². The number of ether oxygens (including phenoxy) is 1. The molecule has 1 N–H and O–H groups in total. The number of carbonyl (C=O) groups is 1. The predicted molar refractivity (Wildman–Crippen MR) is 53.9 cm³/mol. The Bertz CT molecular complexity index is 321. The maximum Gasteiger partial charge on any atom is 0.310 e. The summed E-state index contributed by atoms with van der Waals surface area (Å²) in [5.74, 6) is -0.373. The van der Waals surface area contributed by atoms with Crippen molar-refractivity contribution in [2.75, 3.05) is 6.61 Å². The molecule has 0 aromatic carbocycles. The van der Waals surface area contributed by atoms with Gasteiger partial charge in [0.15, 0.2) is 0 Å². The fraction of sp³-hybridized carbons (Fsp3) is 0.333. The van der Waals surface area contributed by atoms with E-state index in [1.807, 2.05) is 0 Å². The second kappa shape index (κ2) is 4.95. The minimum Gasteiger partial charge on any atom is -0.506 e. The zero-order valence-corrected chi connectivity index (χ0v) is 9.24. The Morgan fingerprint density at radius 1 is 1.64 bits per heavy atom. The molecule has 0 atom stereocenters. The van der Waals surface area contributed by atoms with Gasteiger partial charge >= 0.3 is 5.97 Å². The van der Waals surface area contributed by atoms with Crippen molar-refractivity contribution in [1.82, 2.24) is 4.98 Å². The second-order valence-electron chi connectivity index (χ2n) is 2.60. The van der Waals surface area contributed by atoms with Crippen LogP contribution in [0.15, 0.2) is 16.9 Å². The summed E-state index contributed by atoms with van der Waals surface area (Å²) in [4.78, 5) is 14.9. The molecule has 0 spiro atoms. The topological polar surface area (TPSA) is 59.4 Å². The number of pyridine rings is 1. The summed E-state index contributed by atoms with van der Waals surface area (Å²) >= 11 is 3.20. The summed E-state index contributed by atoms with van der Waals surface area (Å²) in [6, 6.07) is 0. The van der Waals surface area contributed by atoms with E-state index in [4.69, 9.17) is 4.74 Å². The molecule has 0 saturated heterocycles. The van der Waals surface area contributed by atoms with E-state index >= 15 is 0 Å². The number of nitrogens with zero attached hydrogens (tertiary/aromatic N) is 1. The molecule has 0 radical (unpaired) electrons. The highest BCUT2D eigenvalue weighted by Crippen LogP contribution is 2.24. The third-order valence-electron chi connectivity index (χ3n) is 1.61. The lowest BCUT2D eigenvalue weighted by Gasteiger charge is -2.05. The molecule has 0 aliphatic heterocycles. The van der Waals surface area contributed by atoms with Crippen molar-refractivity contribution in [3.63, 3.8) is 0 Å². The minimum atomic E-state index is -0.366. The van der Waals surface area contributed by atoms with Crippen LogP contribution in [0.2, 0.25) is 0 Å². The maximum atomic E-state index is 11.1. The van der Waals surface area contributed by atoms with E-state index in [-0.39, 0.29) is 18.1 Å². The highest BCUT2D eigenvalue weighted by atomic mass is 79.9. The summed E-state index contributed by atoms with van der Waals surface area (Å²) in [7, 11) is 0. The summed E-state index contributed by atoms with van der Waals surface area (Å²) in [6.45, 7) is 2.07.